The van der Waals surface area contributed by atoms with Crippen molar-refractivity contribution < 1.29 is 37.0 Å². The van der Waals surface area contributed by atoms with Crippen LogP contribution in [0.25, 0.3) is 11.2 Å². The van der Waals surface area contributed by atoms with Gasteiger partial charge >= 0.3 is 13.8 Å². The Morgan fingerprint density at radius 3 is 2.72 bits per heavy atom. The number of benzene rings is 1. The number of hydrogen-bond acceptors (Lipinski definition) is 9. The highest BCUT2D eigenvalue weighted by molar-refractivity contribution is 7.99. The molecular weight excluding hydrogens is 474 g/mol. The van der Waals surface area contributed by atoms with Crippen molar-refractivity contribution in [2.24, 2.45) is 0 Å². The van der Waals surface area contributed by atoms with Crippen LogP contribution in [0.4, 0.5) is 19.1 Å². The van der Waals surface area contributed by atoms with E-state index in [1.54, 1.807) is 22.8 Å². The number of anilines is 1. The number of phenolic OH excluding ortho intramolecular Hbond substituents is 1. The van der Waals surface area contributed by atoms with Gasteiger partial charge in [0.25, 0.3) is 0 Å². The molecule has 4 N–H and O–H groups in total. The maximum atomic E-state index is 12.5. The molecule has 32 heavy (non-hydrogen) atoms. The van der Waals surface area contributed by atoms with Crippen LogP contribution in [0.3, 0.4) is 0 Å². The van der Waals surface area contributed by atoms with Gasteiger partial charge in [-0.2, -0.15) is 18.2 Å². The highest BCUT2D eigenvalue weighted by Crippen LogP contribution is 2.45. The van der Waals surface area contributed by atoms with Crippen molar-refractivity contribution in [3.63, 3.8) is 0 Å². The number of nitrogen functional groups attached to an aromatic ring is 1. The van der Waals surface area contributed by atoms with Crippen LogP contribution in [0.15, 0.2) is 40.5 Å². The molecule has 0 saturated carbocycles. The maximum Gasteiger partial charge on any atom is 0.414 e. The number of phenols is 1. The highest BCUT2D eigenvalue weighted by atomic mass is 32.2. The Balaban J connectivity index is 1.66. The Labute approximate surface area is 184 Å². The summed E-state index contributed by atoms with van der Waals surface area (Å²) in [6, 6.07) is 6.65. The zero-order chi connectivity index (χ0) is 23.5. The maximum absolute atomic E-state index is 12.5. The van der Waals surface area contributed by atoms with E-state index in [0.717, 1.165) is 11.8 Å². The molecule has 0 aliphatic heterocycles. The molecule has 3 rings (SSSR count). The Morgan fingerprint density at radius 1 is 1.31 bits per heavy atom. The standard InChI is InChI=1S/C17H19F3N5O5PS/c1-10(17(18,19)20)30-31(27,28)9-29-7-6-25-8-22-13-14(25)23-16(21)24-15(13)32-12-5-3-2-4-11(12)26/h2-5,8,10,26H,6-7,9H2,1H3,(H,27,28)(H2,21,23,24). The Bertz CT molecular complexity index is 1150. The van der Waals surface area contributed by atoms with E-state index in [1.165, 1.54) is 12.4 Å². The fourth-order valence-corrected chi connectivity index (χ4v) is 4.44. The first-order valence-corrected chi connectivity index (χ1v) is 11.6. The summed E-state index contributed by atoms with van der Waals surface area (Å²) >= 11 is 1.14. The summed E-state index contributed by atoms with van der Waals surface area (Å²) < 4.78 is 60.0. The number of hydrogen-bond donors (Lipinski definition) is 3. The molecule has 0 radical (unpaired) electrons. The number of nitrogens with zero attached hydrogens (tertiary/aromatic N) is 4. The Kier molecular flexibility index (Phi) is 7.30. The van der Waals surface area contributed by atoms with Crippen LogP contribution in [0.1, 0.15) is 6.92 Å². The van der Waals surface area contributed by atoms with Crippen LogP contribution in [0.5, 0.6) is 5.75 Å². The minimum Gasteiger partial charge on any atom is -0.507 e. The molecule has 0 saturated heterocycles. The van der Waals surface area contributed by atoms with Crippen molar-refractivity contribution in [1.82, 2.24) is 19.5 Å². The number of rotatable bonds is 9. The molecule has 0 aliphatic rings. The number of aromatic hydroxyl groups is 1. The normalized spacial score (nSPS) is 15.0. The largest absolute Gasteiger partial charge is 0.507 e. The van der Waals surface area contributed by atoms with Crippen molar-refractivity contribution in [3.05, 3.63) is 30.6 Å². The lowest BCUT2D eigenvalue weighted by molar-refractivity contribution is -0.191. The van der Waals surface area contributed by atoms with Crippen molar-refractivity contribution in [2.75, 3.05) is 18.7 Å². The van der Waals surface area contributed by atoms with Gasteiger partial charge in [0.1, 0.15) is 22.6 Å². The van der Waals surface area contributed by atoms with Crippen LogP contribution >= 0.6 is 19.4 Å². The van der Waals surface area contributed by atoms with Crippen LogP contribution in [0.2, 0.25) is 0 Å². The molecule has 0 bridgehead atoms. The van der Waals surface area contributed by atoms with E-state index in [9.17, 15) is 27.7 Å². The molecule has 2 atom stereocenters. The molecule has 0 amide bonds. The second-order valence-corrected chi connectivity index (χ2v) is 9.31. The first-order valence-electron chi connectivity index (χ1n) is 9.05. The van der Waals surface area contributed by atoms with Gasteiger partial charge in [-0.1, -0.05) is 23.9 Å². The van der Waals surface area contributed by atoms with Crippen molar-refractivity contribution in [2.45, 2.75) is 35.7 Å². The third kappa shape index (κ3) is 6.11. The summed E-state index contributed by atoms with van der Waals surface area (Å²) in [5.74, 6) is 0.0265. The molecule has 3 aromatic rings. The van der Waals surface area contributed by atoms with E-state index in [-0.39, 0.29) is 24.8 Å². The molecule has 0 fully saturated rings. The number of imidazole rings is 1. The van der Waals surface area contributed by atoms with Crippen LogP contribution in [-0.2, 0) is 20.4 Å². The van der Waals surface area contributed by atoms with Gasteiger partial charge in [-0.3, -0.25) is 9.09 Å². The SMILES string of the molecule is CC(OP(=O)(O)COCCn1cnc2c(Sc3ccccc3O)nc(N)nc21)C(F)(F)F. The van der Waals surface area contributed by atoms with Gasteiger partial charge in [0.15, 0.2) is 11.8 Å². The third-order valence-corrected chi connectivity index (χ3v) is 6.23. The molecule has 10 nitrogen and oxygen atoms in total. The molecule has 2 heterocycles. The molecule has 1 aromatic carbocycles. The minimum atomic E-state index is -4.76. The number of para-hydroxylation sites is 1. The Morgan fingerprint density at radius 2 is 2.03 bits per heavy atom. The lowest BCUT2D eigenvalue weighted by atomic mass is 10.3. The molecule has 15 heteroatoms. The Hall–Kier alpha value is -2.38. The van der Waals surface area contributed by atoms with Gasteiger partial charge in [0.05, 0.1) is 17.8 Å². The van der Waals surface area contributed by atoms with Gasteiger partial charge < -0.3 is 25.0 Å². The quantitative estimate of drug-likeness (QED) is 0.230. The lowest BCUT2D eigenvalue weighted by Crippen LogP contribution is -2.28. The van der Waals surface area contributed by atoms with E-state index in [4.69, 9.17) is 10.5 Å². The first kappa shape index (κ1) is 24.3. The highest BCUT2D eigenvalue weighted by Gasteiger charge is 2.41. The minimum absolute atomic E-state index is 0.0347. The van der Waals surface area contributed by atoms with E-state index in [2.05, 4.69) is 19.5 Å². The zero-order valence-electron chi connectivity index (χ0n) is 16.6. The summed E-state index contributed by atoms with van der Waals surface area (Å²) in [6.45, 7) is 0.615. The number of halogens is 3. The summed E-state index contributed by atoms with van der Waals surface area (Å²) in [7, 11) is -4.60. The predicted molar refractivity (Wildman–Crippen MR) is 109 cm³/mol. The lowest BCUT2D eigenvalue weighted by Gasteiger charge is -2.20. The average molecular weight is 493 g/mol. The second-order valence-electron chi connectivity index (χ2n) is 6.53. The average Bonchev–Trinajstić information content (AvgIpc) is 3.09. The summed E-state index contributed by atoms with van der Waals surface area (Å²) in [5.41, 5.74) is 6.55. The third-order valence-electron chi connectivity index (χ3n) is 4.04. The number of ether oxygens (including phenoxy) is 1. The molecular formula is C17H19F3N5O5PS. The van der Waals surface area contributed by atoms with Crippen molar-refractivity contribution in [3.8, 4) is 5.75 Å². The van der Waals surface area contributed by atoms with Crippen LogP contribution in [0, 0.1) is 0 Å². The van der Waals surface area contributed by atoms with E-state index in [0.29, 0.717) is 28.0 Å². The van der Waals surface area contributed by atoms with Gasteiger partial charge in [0, 0.05) is 6.54 Å². The smallest absolute Gasteiger partial charge is 0.414 e. The zero-order valence-corrected chi connectivity index (χ0v) is 18.3. The molecule has 2 unspecified atom stereocenters. The van der Waals surface area contributed by atoms with Gasteiger partial charge in [-0.25, -0.2) is 9.97 Å². The molecule has 174 valence electrons. The number of alkyl halides is 3. The van der Waals surface area contributed by atoms with Crippen molar-refractivity contribution >= 4 is 36.5 Å². The van der Waals surface area contributed by atoms with Crippen LogP contribution < -0.4 is 5.73 Å². The van der Waals surface area contributed by atoms with Gasteiger partial charge in [-0.15, -0.1) is 0 Å². The van der Waals surface area contributed by atoms with Gasteiger partial charge in [-0.05, 0) is 19.1 Å². The topological polar surface area (TPSA) is 146 Å². The molecule has 0 spiro atoms. The van der Waals surface area contributed by atoms with Crippen LogP contribution in [-0.4, -0.2) is 54.8 Å². The van der Waals surface area contributed by atoms with Gasteiger partial charge in [0.2, 0.25) is 5.95 Å². The molecule has 2 aromatic heterocycles. The molecule has 0 aliphatic carbocycles. The summed E-state index contributed by atoms with van der Waals surface area (Å²) in [6.07, 6.45) is -6.65. The van der Waals surface area contributed by atoms with E-state index in [1.807, 2.05) is 0 Å². The second kappa shape index (κ2) is 9.63. The predicted octanol–water partition coefficient (Wildman–Crippen LogP) is 3.39. The fraction of sp³-hybridized carbons (Fsp3) is 0.353. The first-order chi connectivity index (χ1) is 15.0. The number of nitrogens with two attached hydrogens (primary N) is 1. The van der Waals surface area contributed by atoms with E-state index >= 15 is 0 Å². The number of fused-ring (bicyclic) bond motifs is 1. The monoisotopic (exact) mass is 493 g/mol. The van der Waals surface area contributed by atoms with E-state index < -0.39 is 26.2 Å². The summed E-state index contributed by atoms with van der Waals surface area (Å²) in [5, 5.41) is 10.4. The van der Waals surface area contributed by atoms with Crippen molar-refractivity contribution in [1.29, 1.82) is 0 Å². The number of aromatic nitrogens is 4. The summed E-state index contributed by atoms with van der Waals surface area (Å²) in [4.78, 5) is 22.6. The fourth-order valence-electron chi connectivity index (χ4n) is 2.50.